The van der Waals surface area contributed by atoms with Crippen molar-refractivity contribution in [2.75, 3.05) is 26.4 Å². The molecule has 1 aliphatic heterocycles. The normalized spacial score (nSPS) is 13.4. The standard InChI is InChI=1S/C14H21NO2/c1-3-15(4-2)9-5-6-12-7-8-13-14(10-12)17-11-16-13/h7-8,10H,3-6,9,11H2,1-2H3. The summed E-state index contributed by atoms with van der Waals surface area (Å²) >= 11 is 0. The Labute approximate surface area is 103 Å². The van der Waals surface area contributed by atoms with E-state index in [1.165, 1.54) is 18.5 Å². The van der Waals surface area contributed by atoms with Crippen LogP contribution in [0, 0.1) is 0 Å². The number of benzene rings is 1. The number of hydrogen-bond donors (Lipinski definition) is 0. The van der Waals surface area contributed by atoms with Crippen LogP contribution < -0.4 is 9.47 Å². The van der Waals surface area contributed by atoms with E-state index in [9.17, 15) is 0 Å². The summed E-state index contributed by atoms with van der Waals surface area (Å²) in [6, 6.07) is 6.25. The molecule has 3 nitrogen and oxygen atoms in total. The van der Waals surface area contributed by atoms with Crippen molar-refractivity contribution in [1.82, 2.24) is 4.90 Å². The van der Waals surface area contributed by atoms with Crippen molar-refractivity contribution in [3.8, 4) is 11.5 Å². The van der Waals surface area contributed by atoms with Gasteiger partial charge in [0.25, 0.3) is 0 Å². The van der Waals surface area contributed by atoms with Crippen LogP contribution in [0.4, 0.5) is 0 Å². The topological polar surface area (TPSA) is 21.7 Å². The van der Waals surface area contributed by atoms with Crippen molar-refractivity contribution in [2.24, 2.45) is 0 Å². The van der Waals surface area contributed by atoms with Crippen LogP contribution >= 0.6 is 0 Å². The predicted octanol–water partition coefficient (Wildman–Crippen LogP) is 2.69. The minimum absolute atomic E-state index is 0.359. The monoisotopic (exact) mass is 235 g/mol. The van der Waals surface area contributed by atoms with Gasteiger partial charge in [0.2, 0.25) is 6.79 Å². The Balaban J connectivity index is 1.83. The number of aryl methyl sites for hydroxylation is 1. The quantitative estimate of drug-likeness (QED) is 0.756. The van der Waals surface area contributed by atoms with Crippen molar-refractivity contribution >= 4 is 0 Å². The summed E-state index contributed by atoms with van der Waals surface area (Å²) in [6.45, 7) is 8.23. The molecule has 0 unspecified atom stereocenters. The molecule has 0 radical (unpaired) electrons. The molecule has 1 aromatic carbocycles. The minimum Gasteiger partial charge on any atom is -0.454 e. The summed E-state index contributed by atoms with van der Waals surface area (Å²) in [7, 11) is 0. The number of nitrogens with zero attached hydrogens (tertiary/aromatic N) is 1. The van der Waals surface area contributed by atoms with Crippen LogP contribution in [0.25, 0.3) is 0 Å². The molecule has 3 heteroatoms. The fourth-order valence-electron chi connectivity index (χ4n) is 2.14. The van der Waals surface area contributed by atoms with Crippen LogP contribution in [-0.4, -0.2) is 31.3 Å². The van der Waals surface area contributed by atoms with Crippen LogP contribution in [0.15, 0.2) is 18.2 Å². The lowest BCUT2D eigenvalue weighted by Gasteiger charge is -2.17. The highest BCUT2D eigenvalue weighted by Gasteiger charge is 2.12. The lowest BCUT2D eigenvalue weighted by atomic mass is 10.1. The summed E-state index contributed by atoms with van der Waals surface area (Å²) in [5.74, 6) is 1.77. The first-order valence-electron chi connectivity index (χ1n) is 6.44. The second-order valence-corrected chi connectivity index (χ2v) is 4.32. The molecule has 0 spiro atoms. The van der Waals surface area contributed by atoms with E-state index in [0.717, 1.165) is 31.0 Å². The van der Waals surface area contributed by atoms with Gasteiger partial charge in [0.1, 0.15) is 0 Å². The molecule has 0 aromatic heterocycles. The van der Waals surface area contributed by atoms with E-state index in [1.54, 1.807) is 0 Å². The molecule has 17 heavy (non-hydrogen) atoms. The van der Waals surface area contributed by atoms with Gasteiger partial charge in [0, 0.05) is 0 Å². The average Bonchev–Trinajstić information content (AvgIpc) is 2.82. The smallest absolute Gasteiger partial charge is 0.231 e. The van der Waals surface area contributed by atoms with E-state index in [2.05, 4.69) is 30.9 Å². The van der Waals surface area contributed by atoms with Crippen LogP contribution in [0.3, 0.4) is 0 Å². The van der Waals surface area contributed by atoms with Crippen LogP contribution in [0.2, 0.25) is 0 Å². The van der Waals surface area contributed by atoms with Gasteiger partial charge < -0.3 is 14.4 Å². The fraction of sp³-hybridized carbons (Fsp3) is 0.571. The zero-order chi connectivity index (χ0) is 12.1. The molecule has 0 atom stereocenters. The van der Waals surface area contributed by atoms with E-state index in [-0.39, 0.29) is 0 Å². The van der Waals surface area contributed by atoms with E-state index in [4.69, 9.17) is 9.47 Å². The Morgan fingerprint density at radius 2 is 1.88 bits per heavy atom. The molecule has 1 aliphatic rings. The first-order chi connectivity index (χ1) is 8.33. The maximum atomic E-state index is 5.38. The van der Waals surface area contributed by atoms with Gasteiger partial charge in [0.05, 0.1) is 0 Å². The van der Waals surface area contributed by atoms with Gasteiger partial charge >= 0.3 is 0 Å². The minimum atomic E-state index is 0.359. The Bertz CT molecular complexity index is 361. The van der Waals surface area contributed by atoms with Gasteiger partial charge in [-0.25, -0.2) is 0 Å². The second-order valence-electron chi connectivity index (χ2n) is 4.32. The second kappa shape index (κ2) is 5.92. The first kappa shape index (κ1) is 12.2. The predicted molar refractivity (Wildman–Crippen MR) is 68.7 cm³/mol. The molecule has 0 saturated heterocycles. The lowest BCUT2D eigenvalue weighted by Crippen LogP contribution is -2.24. The molecule has 2 rings (SSSR count). The zero-order valence-corrected chi connectivity index (χ0v) is 10.7. The Morgan fingerprint density at radius 1 is 1.12 bits per heavy atom. The summed E-state index contributed by atoms with van der Waals surface area (Å²) < 4.78 is 10.7. The molecule has 1 aromatic rings. The average molecular weight is 235 g/mol. The van der Waals surface area contributed by atoms with E-state index in [1.807, 2.05) is 6.07 Å². The maximum absolute atomic E-state index is 5.38. The van der Waals surface area contributed by atoms with E-state index in [0.29, 0.717) is 6.79 Å². The highest BCUT2D eigenvalue weighted by molar-refractivity contribution is 5.44. The van der Waals surface area contributed by atoms with Crippen molar-refractivity contribution in [1.29, 1.82) is 0 Å². The lowest BCUT2D eigenvalue weighted by molar-refractivity contribution is 0.174. The molecule has 0 bridgehead atoms. The highest BCUT2D eigenvalue weighted by atomic mass is 16.7. The van der Waals surface area contributed by atoms with Crippen molar-refractivity contribution in [3.05, 3.63) is 23.8 Å². The number of hydrogen-bond acceptors (Lipinski definition) is 3. The highest BCUT2D eigenvalue weighted by Crippen LogP contribution is 2.32. The van der Waals surface area contributed by atoms with Crippen molar-refractivity contribution < 1.29 is 9.47 Å². The van der Waals surface area contributed by atoms with Gasteiger partial charge in [0.15, 0.2) is 11.5 Å². The Morgan fingerprint density at radius 3 is 2.65 bits per heavy atom. The molecule has 0 fully saturated rings. The fourth-order valence-corrected chi connectivity index (χ4v) is 2.14. The first-order valence-corrected chi connectivity index (χ1v) is 6.44. The van der Waals surface area contributed by atoms with Gasteiger partial charge in [-0.1, -0.05) is 19.9 Å². The van der Waals surface area contributed by atoms with E-state index >= 15 is 0 Å². The van der Waals surface area contributed by atoms with Crippen LogP contribution in [0.5, 0.6) is 11.5 Å². The van der Waals surface area contributed by atoms with E-state index < -0.39 is 0 Å². The molecule has 0 amide bonds. The zero-order valence-electron chi connectivity index (χ0n) is 10.7. The SMILES string of the molecule is CCN(CC)CCCc1ccc2c(c1)OCO2. The largest absolute Gasteiger partial charge is 0.454 e. The van der Waals surface area contributed by atoms with Crippen molar-refractivity contribution in [3.63, 3.8) is 0 Å². The molecule has 1 heterocycles. The van der Waals surface area contributed by atoms with Gasteiger partial charge in [-0.15, -0.1) is 0 Å². The molecule has 0 saturated carbocycles. The Hall–Kier alpha value is -1.22. The molecular weight excluding hydrogens is 214 g/mol. The van der Waals surface area contributed by atoms with Crippen LogP contribution in [-0.2, 0) is 6.42 Å². The van der Waals surface area contributed by atoms with Gasteiger partial charge in [-0.2, -0.15) is 0 Å². The third kappa shape index (κ3) is 3.13. The molecule has 94 valence electrons. The molecule has 0 N–H and O–H groups in total. The summed E-state index contributed by atoms with van der Waals surface area (Å²) in [5, 5.41) is 0. The number of fused-ring (bicyclic) bond motifs is 1. The molecular formula is C14H21NO2. The third-order valence-electron chi connectivity index (χ3n) is 3.27. The van der Waals surface area contributed by atoms with Crippen LogP contribution in [0.1, 0.15) is 25.8 Å². The summed E-state index contributed by atoms with van der Waals surface area (Å²) in [6.07, 6.45) is 2.30. The third-order valence-corrected chi connectivity index (χ3v) is 3.27. The summed E-state index contributed by atoms with van der Waals surface area (Å²) in [4.78, 5) is 2.45. The number of rotatable bonds is 6. The number of ether oxygens (including phenoxy) is 2. The Kier molecular flexibility index (Phi) is 4.26. The molecule has 0 aliphatic carbocycles. The van der Waals surface area contributed by atoms with Gasteiger partial charge in [-0.3, -0.25) is 0 Å². The summed E-state index contributed by atoms with van der Waals surface area (Å²) in [5.41, 5.74) is 1.33. The van der Waals surface area contributed by atoms with Gasteiger partial charge in [-0.05, 0) is 50.2 Å². The van der Waals surface area contributed by atoms with Crippen molar-refractivity contribution in [2.45, 2.75) is 26.7 Å². The maximum Gasteiger partial charge on any atom is 0.231 e.